The van der Waals surface area contributed by atoms with E-state index in [1.165, 1.54) is 5.57 Å². The highest BCUT2D eigenvalue weighted by Gasteiger charge is 2.35. The maximum absolute atomic E-state index is 11.5. The van der Waals surface area contributed by atoms with Gasteiger partial charge in [-0.1, -0.05) is 31.9 Å². The highest BCUT2D eigenvalue weighted by molar-refractivity contribution is 5.71. The summed E-state index contributed by atoms with van der Waals surface area (Å²) in [6.07, 6.45) is 4.93. The van der Waals surface area contributed by atoms with E-state index in [1.807, 2.05) is 27.7 Å². The second-order valence-corrected chi connectivity index (χ2v) is 8.16. The van der Waals surface area contributed by atoms with Crippen LogP contribution in [0.4, 0.5) is 0 Å². The van der Waals surface area contributed by atoms with E-state index < -0.39 is 5.97 Å². The van der Waals surface area contributed by atoms with E-state index >= 15 is 0 Å². The van der Waals surface area contributed by atoms with Gasteiger partial charge in [0.1, 0.15) is 17.2 Å². The molecule has 0 saturated heterocycles. The van der Waals surface area contributed by atoms with Crippen molar-refractivity contribution in [2.75, 3.05) is 7.11 Å². The summed E-state index contributed by atoms with van der Waals surface area (Å²) in [4.78, 5) is 11.5. The number of carbonyl (C=O) groups is 1. The normalized spacial score (nSPS) is 19.4. The Morgan fingerprint density at radius 3 is 2.57 bits per heavy atom. The van der Waals surface area contributed by atoms with Crippen molar-refractivity contribution in [1.29, 1.82) is 0 Å². The summed E-state index contributed by atoms with van der Waals surface area (Å²) in [5.41, 5.74) is 3.48. The number of carboxylic acids is 1. The molecule has 5 heteroatoms. The second-order valence-electron chi connectivity index (χ2n) is 8.16. The fourth-order valence-electron chi connectivity index (χ4n) is 3.96. The molecule has 0 saturated carbocycles. The van der Waals surface area contributed by atoms with E-state index in [9.17, 15) is 15.0 Å². The lowest BCUT2D eigenvalue weighted by molar-refractivity contribution is -0.137. The number of hydrogen-bond acceptors (Lipinski definition) is 4. The lowest BCUT2D eigenvalue weighted by atomic mass is 9.82. The van der Waals surface area contributed by atoms with E-state index in [4.69, 9.17) is 9.47 Å². The third kappa shape index (κ3) is 4.62. The van der Waals surface area contributed by atoms with Crippen molar-refractivity contribution in [3.05, 3.63) is 28.3 Å². The van der Waals surface area contributed by atoms with Crippen LogP contribution in [-0.4, -0.2) is 29.4 Å². The first-order valence-corrected chi connectivity index (χ1v) is 10.2. The predicted octanol–water partition coefficient (Wildman–Crippen LogP) is 5.23. The van der Waals surface area contributed by atoms with Crippen molar-refractivity contribution in [2.24, 2.45) is 5.92 Å². The van der Waals surface area contributed by atoms with E-state index in [1.54, 1.807) is 7.11 Å². The van der Waals surface area contributed by atoms with Crippen LogP contribution in [0, 0.1) is 5.92 Å². The van der Waals surface area contributed by atoms with Crippen LogP contribution in [0.2, 0.25) is 0 Å². The molecule has 2 rings (SSSR count). The smallest absolute Gasteiger partial charge is 0.303 e. The summed E-state index contributed by atoms with van der Waals surface area (Å²) in [5.74, 6) is 0.498. The maximum atomic E-state index is 11.5. The van der Waals surface area contributed by atoms with Crippen LogP contribution in [0.15, 0.2) is 11.6 Å². The Bertz CT molecular complexity index is 746. The van der Waals surface area contributed by atoms with Crippen LogP contribution < -0.4 is 9.47 Å². The maximum Gasteiger partial charge on any atom is 0.303 e. The van der Waals surface area contributed by atoms with Crippen molar-refractivity contribution in [3.8, 4) is 17.2 Å². The van der Waals surface area contributed by atoms with E-state index in [0.29, 0.717) is 36.3 Å². The van der Waals surface area contributed by atoms with Gasteiger partial charge in [0.2, 0.25) is 0 Å². The van der Waals surface area contributed by atoms with Gasteiger partial charge >= 0.3 is 5.97 Å². The van der Waals surface area contributed by atoms with Gasteiger partial charge in [-0.05, 0) is 46.0 Å². The zero-order valence-electron chi connectivity index (χ0n) is 18.0. The average molecular weight is 391 g/mol. The number of aliphatic carboxylic acids is 1. The minimum Gasteiger partial charge on any atom is -0.507 e. The van der Waals surface area contributed by atoms with Gasteiger partial charge < -0.3 is 19.7 Å². The molecule has 1 aliphatic rings. The van der Waals surface area contributed by atoms with Gasteiger partial charge in [0.15, 0.2) is 0 Å². The summed E-state index contributed by atoms with van der Waals surface area (Å²) in [5, 5.41) is 20.6. The van der Waals surface area contributed by atoms with Crippen molar-refractivity contribution >= 4 is 5.97 Å². The van der Waals surface area contributed by atoms with Crippen molar-refractivity contribution in [3.63, 3.8) is 0 Å². The first-order valence-electron chi connectivity index (χ1n) is 10.2. The molecule has 0 fully saturated rings. The molecule has 1 aromatic carbocycles. The number of phenols is 1. The molecule has 0 spiro atoms. The number of allylic oxidation sites excluding steroid dienone is 2. The Morgan fingerprint density at radius 2 is 2.04 bits per heavy atom. The summed E-state index contributed by atoms with van der Waals surface area (Å²) < 4.78 is 12.0. The van der Waals surface area contributed by atoms with Gasteiger partial charge in [-0.15, -0.1) is 0 Å². The third-order valence-corrected chi connectivity index (χ3v) is 5.62. The first kappa shape index (κ1) is 22.1. The van der Waals surface area contributed by atoms with Crippen LogP contribution in [0.1, 0.15) is 76.5 Å². The molecule has 0 aliphatic carbocycles. The molecule has 2 N–H and O–H groups in total. The highest BCUT2D eigenvalue weighted by atomic mass is 16.5. The molecule has 0 amide bonds. The Morgan fingerprint density at radius 1 is 1.36 bits per heavy atom. The molecule has 156 valence electrons. The summed E-state index contributed by atoms with van der Waals surface area (Å²) >= 11 is 0. The van der Waals surface area contributed by atoms with Crippen LogP contribution >= 0.6 is 0 Å². The number of aromatic hydroxyl groups is 1. The third-order valence-electron chi connectivity index (χ3n) is 5.62. The van der Waals surface area contributed by atoms with Gasteiger partial charge in [0, 0.05) is 22.6 Å². The summed E-state index contributed by atoms with van der Waals surface area (Å²) in [7, 11) is 1.58. The number of phenolic OH excluding ortho intramolecular Hbond substituents is 1. The number of rotatable bonds is 8. The van der Waals surface area contributed by atoms with Crippen LogP contribution in [0.5, 0.6) is 17.2 Å². The van der Waals surface area contributed by atoms with Gasteiger partial charge in [0.25, 0.3) is 0 Å². The SMILES string of the molecule is CCCC(CC(=O)O)c1c(O)c2c(c(CC=C(C)C)c1OC)OC(C)C(C)C2. The van der Waals surface area contributed by atoms with Gasteiger partial charge in [0.05, 0.1) is 19.6 Å². The van der Waals surface area contributed by atoms with E-state index in [-0.39, 0.29) is 30.1 Å². The summed E-state index contributed by atoms with van der Waals surface area (Å²) in [6.45, 7) is 10.2. The van der Waals surface area contributed by atoms with Crippen LogP contribution in [-0.2, 0) is 17.6 Å². The lowest BCUT2D eigenvalue weighted by Gasteiger charge is -2.34. The van der Waals surface area contributed by atoms with Gasteiger partial charge in [-0.25, -0.2) is 0 Å². The molecular weight excluding hydrogens is 356 g/mol. The van der Waals surface area contributed by atoms with Crippen LogP contribution in [0.25, 0.3) is 0 Å². The number of methoxy groups -OCH3 is 1. The highest BCUT2D eigenvalue weighted by Crippen LogP contribution is 2.51. The average Bonchev–Trinajstić information content (AvgIpc) is 2.61. The minimum atomic E-state index is -0.873. The van der Waals surface area contributed by atoms with Crippen molar-refractivity contribution in [2.45, 2.75) is 78.7 Å². The molecule has 3 unspecified atom stereocenters. The predicted molar refractivity (Wildman–Crippen MR) is 111 cm³/mol. The zero-order valence-corrected chi connectivity index (χ0v) is 18.0. The van der Waals surface area contributed by atoms with Crippen LogP contribution in [0.3, 0.4) is 0 Å². The molecule has 1 aromatic rings. The minimum absolute atomic E-state index is 0.0363. The number of benzene rings is 1. The standard InChI is InChI=1S/C23H34O5/c1-7-8-16(12-19(24)25)20-21(26)18-11-14(4)15(5)28-22(18)17(23(20)27-6)10-9-13(2)3/h9,14-16,26H,7-8,10-12H2,1-6H3,(H,24,25). The monoisotopic (exact) mass is 390 g/mol. The van der Waals surface area contributed by atoms with Gasteiger partial charge in [-0.3, -0.25) is 4.79 Å². The van der Waals surface area contributed by atoms with Crippen molar-refractivity contribution in [1.82, 2.24) is 0 Å². The molecule has 1 aliphatic heterocycles. The molecule has 3 atom stereocenters. The molecule has 0 radical (unpaired) electrons. The molecule has 0 aromatic heterocycles. The van der Waals surface area contributed by atoms with E-state index in [0.717, 1.165) is 17.5 Å². The Balaban J connectivity index is 2.76. The number of hydrogen-bond donors (Lipinski definition) is 2. The Kier molecular flexibility index (Phi) is 7.39. The first-order chi connectivity index (χ1) is 13.2. The second kappa shape index (κ2) is 9.35. The fraction of sp³-hybridized carbons (Fsp3) is 0.609. The molecule has 5 nitrogen and oxygen atoms in total. The topological polar surface area (TPSA) is 76.0 Å². The molecule has 28 heavy (non-hydrogen) atoms. The Labute approximate surface area is 168 Å². The number of ether oxygens (including phenoxy) is 2. The molecular formula is C23H34O5. The van der Waals surface area contributed by atoms with Crippen molar-refractivity contribution < 1.29 is 24.5 Å². The Hall–Kier alpha value is -2.17. The van der Waals surface area contributed by atoms with E-state index in [2.05, 4.69) is 13.0 Å². The lowest BCUT2D eigenvalue weighted by Crippen LogP contribution is -2.29. The molecule has 1 heterocycles. The summed E-state index contributed by atoms with van der Waals surface area (Å²) in [6, 6.07) is 0. The number of fused-ring (bicyclic) bond motifs is 1. The molecule has 0 bridgehead atoms. The van der Waals surface area contributed by atoms with Gasteiger partial charge in [-0.2, -0.15) is 0 Å². The zero-order chi connectivity index (χ0) is 21.0. The number of carboxylic acid groups (broad SMARTS) is 1. The fourth-order valence-corrected chi connectivity index (χ4v) is 3.96. The largest absolute Gasteiger partial charge is 0.507 e. The quantitative estimate of drug-likeness (QED) is 0.595.